The van der Waals surface area contributed by atoms with Crippen molar-refractivity contribution in [2.45, 2.75) is 45.3 Å². The summed E-state index contributed by atoms with van der Waals surface area (Å²) < 4.78 is 104. The van der Waals surface area contributed by atoms with Gasteiger partial charge in [0, 0.05) is 5.56 Å². The zero-order chi connectivity index (χ0) is 22.5. The lowest BCUT2D eigenvalue weighted by Crippen LogP contribution is -2.40. The standard InChI is InChI=1S/C15H19F3N2O3S.H2O4S/c1-2-3-9-20-12-8-4-6-11(7-5-10-24(21,22)23)13(12)19-14(20)15(16,17)18;1-5(2,3)4/h4,6,8H,2-3,5,7,9-10H2,1H3,(H,21,22,23);(H2,1,2,3,4). The Balaban J connectivity index is 0.000000749. The monoisotopic (exact) mass is 462 g/mol. The van der Waals surface area contributed by atoms with Crippen molar-refractivity contribution in [1.82, 2.24) is 4.98 Å². The highest BCUT2D eigenvalue weighted by atomic mass is 32.3. The summed E-state index contributed by atoms with van der Waals surface area (Å²) in [6.07, 6.45) is -2.73. The van der Waals surface area contributed by atoms with Gasteiger partial charge in [0.05, 0.1) is 12.3 Å². The van der Waals surface area contributed by atoms with Gasteiger partial charge in [0.1, 0.15) is 0 Å². The fourth-order valence-corrected chi connectivity index (χ4v) is 3.20. The SMILES string of the molecule is CCCC[n+]1c(C(F)(F)F)[nH]c2c(CCCS(=O)(=O)O)cccc21.O=S(=O)([O-])O. The summed E-state index contributed by atoms with van der Waals surface area (Å²) in [5, 5.41) is 0. The molecule has 0 atom stereocenters. The number of nitrogens with one attached hydrogen (secondary N) is 1. The normalized spacial score (nSPS) is 12.7. The Morgan fingerprint density at radius 1 is 1.14 bits per heavy atom. The number of fused-ring (bicyclic) bond motifs is 1. The fourth-order valence-electron chi connectivity index (χ4n) is 2.69. The Morgan fingerprint density at radius 3 is 2.21 bits per heavy atom. The average molecular weight is 462 g/mol. The van der Waals surface area contributed by atoms with Crippen LogP contribution in [0, 0.1) is 0 Å². The number of hydrogen-bond donors (Lipinski definition) is 3. The van der Waals surface area contributed by atoms with Gasteiger partial charge in [-0.2, -0.15) is 21.6 Å². The number of benzene rings is 1. The van der Waals surface area contributed by atoms with E-state index in [4.69, 9.17) is 22.1 Å². The van der Waals surface area contributed by atoms with E-state index >= 15 is 0 Å². The summed E-state index contributed by atoms with van der Waals surface area (Å²) in [5.74, 6) is -1.24. The maximum absolute atomic E-state index is 13.3. The van der Waals surface area contributed by atoms with Gasteiger partial charge in [0.15, 0.2) is 11.0 Å². The number of nitrogens with zero attached hydrogens (tertiary/aromatic N) is 1. The van der Waals surface area contributed by atoms with Crippen molar-refractivity contribution in [3.05, 3.63) is 29.6 Å². The van der Waals surface area contributed by atoms with Crippen molar-refractivity contribution in [2.75, 3.05) is 5.75 Å². The molecule has 166 valence electrons. The second kappa shape index (κ2) is 9.84. The van der Waals surface area contributed by atoms with E-state index in [1.165, 1.54) is 4.57 Å². The molecule has 0 saturated heterocycles. The maximum atomic E-state index is 13.3. The zero-order valence-electron chi connectivity index (χ0n) is 15.3. The van der Waals surface area contributed by atoms with Gasteiger partial charge in [-0.3, -0.25) is 9.11 Å². The summed E-state index contributed by atoms with van der Waals surface area (Å²) in [7, 11) is -9.00. The van der Waals surface area contributed by atoms with Crippen molar-refractivity contribution in [3.8, 4) is 0 Å². The smallest absolute Gasteiger partial charge is 0.494 e. The molecule has 0 spiro atoms. The molecule has 9 nitrogen and oxygen atoms in total. The molecular formula is C15H21F3N2O7S2. The number of hydrogen-bond acceptors (Lipinski definition) is 5. The highest BCUT2D eigenvalue weighted by molar-refractivity contribution is 7.85. The fraction of sp³-hybridized carbons (Fsp3) is 0.533. The predicted molar refractivity (Wildman–Crippen MR) is 95.5 cm³/mol. The molecule has 1 aromatic carbocycles. The molecule has 1 aromatic heterocycles. The molecule has 0 amide bonds. The summed E-state index contributed by atoms with van der Waals surface area (Å²) in [6, 6.07) is 4.93. The maximum Gasteiger partial charge on any atom is 0.494 e. The summed E-state index contributed by atoms with van der Waals surface area (Å²) in [6.45, 7) is 2.16. The summed E-state index contributed by atoms with van der Waals surface area (Å²) in [4.78, 5) is 2.46. The van der Waals surface area contributed by atoms with Crippen LogP contribution in [-0.2, 0) is 39.7 Å². The molecule has 0 aliphatic rings. The molecule has 0 radical (unpaired) electrons. The highest BCUT2D eigenvalue weighted by Gasteiger charge is 2.44. The van der Waals surface area contributed by atoms with Gasteiger partial charge in [-0.25, -0.2) is 18.0 Å². The molecule has 0 unspecified atom stereocenters. The quantitative estimate of drug-likeness (QED) is 0.324. The van der Waals surface area contributed by atoms with E-state index < -0.39 is 38.3 Å². The topological polar surface area (TPSA) is 151 Å². The van der Waals surface area contributed by atoms with Gasteiger partial charge in [-0.1, -0.05) is 25.5 Å². The number of halogens is 3. The third-order valence-corrected chi connectivity index (χ3v) is 4.59. The van der Waals surface area contributed by atoms with Crippen LogP contribution in [0.2, 0.25) is 0 Å². The number of para-hydroxylation sites is 1. The Hall–Kier alpha value is -1.74. The van der Waals surface area contributed by atoms with Crippen LogP contribution in [0.4, 0.5) is 13.2 Å². The minimum atomic E-state index is -4.92. The summed E-state index contributed by atoms with van der Waals surface area (Å²) >= 11 is 0. The first-order valence-corrected chi connectivity index (χ1v) is 11.3. The predicted octanol–water partition coefficient (Wildman–Crippen LogP) is 2.10. The number of imidazole rings is 1. The largest absolute Gasteiger partial charge is 0.726 e. The molecule has 1 heterocycles. The molecule has 3 N–H and O–H groups in total. The first-order chi connectivity index (χ1) is 13.1. The lowest BCUT2D eigenvalue weighted by molar-refractivity contribution is -0.691. The van der Waals surface area contributed by atoms with Crippen LogP contribution in [0.1, 0.15) is 37.6 Å². The van der Waals surface area contributed by atoms with Crippen LogP contribution in [0.3, 0.4) is 0 Å². The highest BCUT2D eigenvalue weighted by Crippen LogP contribution is 2.29. The number of rotatable bonds is 7. The van der Waals surface area contributed by atoms with Gasteiger partial charge in [0.2, 0.25) is 10.4 Å². The van der Waals surface area contributed by atoms with Crippen molar-refractivity contribution in [1.29, 1.82) is 0 Å². The Morgan fingerprint density at radius 2 is 1.72 bits per heavy atom. The molecule has 14 heteroatoms. The third-order valence-electron chi connectivity index (χ3n) is 3.79. The molecule has 2 aromatic rings. The first-order valence-electron chi connectivity index (χ1n) is 8.37. The van der Waals surface area contributed by atoms with Crippen LogP contribution in [0.5, 0.6) is 0 Å². The van der Waals surface area contributed by atoms with E-state index in [0.717, 1.165) is 6.42 Å². The number of aryl methyl sites for hydroxylation is 2. The molecule has 0 aliphatic carbocycles. The van der Waals surface area contributed by atoms with Crippen molar-refractivity contribution in [2.24, 2.45) is 0 Å². The van der Waals surface area contributed by atoms with Crippen molar-refractivity contribution in [3.63, 3.8) is 0 Å². The van der Waals surface area contributed by atoms with Crippen LogP contribution < -0.4 is 4.57 Å². The number of alkyl halides is 3. The Kier molecular flexibility index (Phi) is 8.59. The Bertz CT molecular complexity index is 1020. The van der Waals surface area contributed by atoms with E-state index in [0.29, 0.717) is 23.0 Å². The van der Waals surface area contributed by atoms with Gasteiger partial charge in [-0.15, -0.1) is 0 Å². The number of aromatic nitrogens is 2. The van der Waals surface area contributed by atoms with Crippen LogP contribution in [0.25, 0.3) is 11.0 Å². The first kappa shape index (κ1) is 25.3. The minimum absolute atomic E-state index is 0.132. The third kappa shape index (κ3) is 9.08. The van der Waals surface area contributed by atoms with Gasteiger partial charge in [0.25, 0.3) is 10.1 Å². The number of aromatic amines is 1. The van der Waals surface area contributed by atoms with Crippen LogP contribution in [-0.4, -0.2) is 41.2 Å². The molecular weight excluding hydrogens is 441 g/mol. The summed E-state index contributed by atoms with van der Waals surface area (Å²) in [5.41, 5.74) is 1.40. The molecule has 0 saturated carbocycles. The van der Waals surface area contributed by atoms with Crippen molar-refractivity contribution >= 4 is 31.6 Å². The van der Waals surface area contributed by atoms with Crippen LogP contribution in [0.15, 0.2) is 18.2 Å². The van der Waals surface area contributed by atoms with E-state index in [2.05, 4.69) is 4.98 Å². The van der Waals surface area contributed by atoms with Crippen molar-refractivity contribution < 1.29 is 48.2 Å². The lowest BCUT2D eigenvalue weighted by Gasteiger charge is -2.03. The number of H-pyrrole nitrogens is 1. The molecule has 29 heavy (non-hydrogen) atoms. The van der Waals surface area contributed by atoms with E-state index in [1.807, 2.05) is 6.92 Å². The second-order valence-corrected chi connectivity index (χ2v) is 8.53. The minimum Gasteiger partial charge on any atom is -0.726 e. The average Bonchev–Trinajstić information content (AvgIpc) is 2.90. The number of unbranched alkanes of at least 4 members (excludes halogenated alkanes) is 1. The van der Waals surface area contributed by atoms with Crippen LogP contribution >= 0.6 is 0 Å². The van der Waals surface area contributed by atoms with E-state index in [-0.39, 0.29) is 19.4 Å². The van der Waals surface area contributed by atoms with Gasteiger partial charge < -0.3 is 4.55 Å². The lowest BCUT2D eigenvalue weighted by atomic mass is 10.1. The molecule has 2 rings (SSSR count). The zero-order valence-corrected chi connectivity index (χ0v) is 16.9. The van der Waals surface area contributed by atoms with Gasteiger partial charge >= 0.3 is 12.0 Å². The Labute approximate surface area is 165 Å². The molecule has 0 bridgehead atoms. The second-order valence-electron chi connectivity index (χ2n) is 6.11. The van der Waals surface area contributed by atoms with E-state index in [9.17, 15) is 21.6 Å². The van der Waals surface area contributed by atoms with Gasteiger partial charge in [-0.05, 0) is 25.3 Å². The van der Waals surface area contributed by atoms with E-state index in [1.54, 1.807) is 18.2 Å². The molecule has 0 fully saturated rings. The molecule has 0 aliphatic heterocycles.